The van der Waals surface area contributed by atoms with Gasteiger partial charge in [0, 0.05) is 6.42 Å². The van der Waals surface area contributed by atoms with Gasteiger partial charge in [-0.2, -0.15) is 0 Å². The highest BCUT2D eigenvalue weighted by molar-refractivity contribution is 5.66. The number of hydrogen-bond donors (Lipinski definition) is 3. The fourth-order valence-electron chi connectivity index (χ4n) is 8.73. The maximum atomic E-state index is 11.2. The molecule has 160 valence electrons. The standard InChI is InChI=1S/C24H40O4/c1-14(4-7-21(27)28)17-5-6-18-22-19(9-11-24(17,18)3)23(2)10-8-16(25)12-15(23)13-20(22)26/h14-20,22,25-26H,4-13H2,1-3H3,(H,27,28)/t14-,15-,16+,17+,18-,19-,20-,22-,23+,24+/m1/s1. The van der Waals surface area contributed by atoms with Crippen LogP contribution in [-0.2, 0) is 4.79 Å². The minimum atomic E-state index is -0.684. The summed E-state index contributed by atoms with van der Waals surface area (Å²) in [6, 6.07) is 0. The predicted octanol–water partition coefficient (Wildman–Crippen LogP) is 4.48. The highest BCUT2D eigenvalue weighted by Crippen LogP contribution is 2.68. The minimum Gasteiger partial charge on any atom is -0.481 e. The molecule has 4 rings (SSSR count). The molecule has 4 heteroatoms. The predicted molar refractivity (Wildman–Crippen MR) is 109 cm³/mol. The molecule has 0 spiro atoms. The third-order valence-corrected chi connectivity index (χ3v) is 10.2. The number of rotatable bonds is 4. The van der Waals surface area contributed by atoms with Gasteiger partial charge in [-0.15, -0.1) is 0 Å². The Morgan fingerprint density at radius 1 is 1.00 bits per heavy atom. The SMILES string of the molecule is C[C@H](CCC(=O)O)[C@@H]1CC[C@@H]2[C@H]3[C@H](O)C[C@H]4C[C@@H](O)CC[C@]4(C)[C@@H]3CC[C@]21C. The van der Waals surface area contributed by atoms with Crippen molar-refractivity contribution in [2.24, 2.45) is 46.3 Å². The molecule has 4 nitrogen and oxygen atoms in total. The third kappa shape index (κ3) is 3.14. The molecule has 0 saturated heterocycles. The molecule has 4 aliphatic rings. The Morgan fingerprint density at radius 3 is 2.39 bits per heavy atom. The van der Waals surface area contributed by atoms with Crippen LogP contribution in [0.5, 0.6) is 0 Å². The van der Waals surface area contributed by atoms with Gasteiger partial charge in [0.05, 0.1) is 12.2 Å². The van der Waals surface area contributed by atoms with Gasteiger partial charge < -0.3 is 15.3 Å². The summed E-state index contributed by atoms with van der Waals surface area (Å²) in [7, 11) is 0. The molecular formula is C24H40O4. The summed E-state index contributed by atoms with van der Waals surface area (Å²) < 4.78 is 0. The number of fused-ring (bicyclic) bond motifs is 5. The lowest BCUT2D eigenvalue weighted by Crippen LogP contribution is -2.58. The zero-order valence-corrected chi connectivity index (χ0v) is 17.9. The number of carboxylic acid groups (broad SMARTS) is 1. The van der Waals surface area contributed by atoms with Gasteiger partial charge in [-0.1, -0.05) is 20.8 Å². The first-order chi connectivity index (χ1) is 13.2. The summed E-state index contributed by atoms with van der Waals surface area (Å²) in [5.41, 5.74) is 0.523. The van der Waals surface area contributed by atoms with Crippen LogP contribution in [0.15, 0.2) is 0 Å². The second-order valence-corrected chi connectivity index (χ2v) is 11.4. The summed E-state index contributed by atoms with van der Waals surface area (Å²) in [6.45, 7) is 7.16. The molecule has 0 aromatic rings. The molecule has 28 heavy (non-hydrogen) atoms. The Morgan fingerprint density at radius 2 is 1.68 bits per heavy atom. The van der Waals surface area contributed by atoms with Crippen LogP contribution in [0.2, 0.25) is 0 Å². The van der Waals surface area contributed by atoms with Crippen molar-refractivity contribution < 1.29 is 20.1 Å². The van der Waals surface area contributed by atoms with Crippen molar-refractivity contribution in [2.45, 2.75) is 97.2 Å². The largest absolute Gasteiger partial charge is 0.481 e. The van der Waals surface area contributed by atoms with E-state index in [1.165, 1.54) is 25.7 Å². The first-order valence-corrected chi connectivity index (χ1v) is 11.7. The molecule has 0 heterocycles. The van der Waals surface area contributed by atoms with Crippen molar-refractivity contribution in [1.82, 2.24) is 0 Å². The molecule has 4 saturated carbocycles. The Kier molecular flexibility index (Phi) is 5.36. The molecule has 0 amide bonds. The molecular weight excluding hydrogens is 352 g/mol. The van der Waals surface area contributed by atoms with Gasteiger partial charge in [0.1, 0.15) is 0 Å². The van der Waals surface area contributed by atoms with Crippen LogP contribution in [0.4, 0.5) is 0 Å². The Bertz CT molecular complexity index is 605. The van der Waals surface area contributed by atoms with E-state index in [2.05, 4.69) is 20.8 Å². The fourth-order valence-corrected chi connectivity index (χ4v) is 8.73. The summed E-state index contributed by atoms with van der Waals surface area (Å²) >= 11 is 0. The molecule has 0 radical (unpaired) electrons. The summed E-state index contributed by atoms with van der Waals surface area (Å²) in [5.74, 6) is 2.36. The van der Waals surface area contributed by atoms with E-state index >= 15 is 0 Å². The van der Waals surface area contributed by atoms with Crippen molar-refractivity contribution >= 4 is 5.97 Å². The van der Waals surface area contributed by atoms with Crippen LogP contribution in [0.3, 0.4) is 0 Å². The zero-order chi connectivity index (χ0) is 20.3. The van der Waals surface area contributed by atoms with E-state index in [1.54, 1.807) is 0 Å². The van der Waals surface area contributed by atoms with E-state index in [1.807, 2.05) is 0 Å². The molecule has 4 aliphatic carbocycles. The summed E-state index contributed by atoms with van der Waals surface area (Å²) in [5, 5.41) is 30.5. The van der Waals surface area contributed by atoms with Gasteiger partial charge >= 0.3 is 5.97 Å². The van der Waals surface area contributed by atoms with Crippen LogP contribution in [0.1, 0.15) is 85.0 Å². The summed E-state index contributed by atoms with van der Waals surface area (Å²) in [6.07, 6.45) is 9.19. The van der Waals surface area contributed by atoms with E-state index in [0.717, 1.165) is 32.1 Å². The highest BCUT2D eigenvalue weighted by atomic mass is 16.4. The van der Waals surface area contributed by atoms with Crippen LogP contribution in [0.25, 0.3) is 0 Å². The van der Waals surface area contributed by atoms with Gasteiger partial charge in [-0.25, -0.2) is 0 Å². The molecule has 0 aliphatic heterocycles. The van der Waals surface area contributed by atoms with Gasteiger partial charge in [-0.05, 0) is 104 Å². The maximum absolute atomic E-state index is 11.2. The van der Waals surface area contributed by atoms with Crippen LogP contribution >= 0.6 is 0 Å². The van der Waals surface area contributed by atoms with Crippen molar-refractivity contribution in [3.8, 4) is 0 Å². The second-order valence-electron chi connectivity index (χ2n) is 11.4. The maximum Gasteiger partial charge on any atom is 0.303 e. The van der Waals surface area contributed by atoms with Crippen molar-refractivity contribution in [3.63, 3.8) is 0 Å². The lowest BCUT2D eigenvalue weighted by molar-refractivity contribution is -0.174. The normalized spacial score (nSPS) is 51.7. The summed E-state index contributed by atoms with van der Waals surface area (Å²) in [4.78, 5) is 11.1. The van der Waals surface area contributed by atoms with Crippen LogP contribution in [-0.4, -0.2) is 33.5 Å². The molecule has 0 aromatic carbocycles. The van der Waals surface area contributed by atoms with Crippen molar-refractivity contribution in [3.05, 3.63) is 0 Å². The van der Waals surface area contributed by atoms with Crippen molar-refractivity contribution in [2.75, 3.05) is 0 Å². The highest BCUT2D eigenvalue weighted by Gasteiger charge is 2.62. The second kappa shape index (κ2) is 7.27. The molecule has 0 bridgehead atoms. The topological polar surface area (TPSA) is 77.8 Å². The molecule has 0 aromatic heterocycles. The van der Waals surface area contributed by atoms with E-state index in [0.29, 0.717) is 35.5 Å². The number of aliphatic hydroxyl groups is 2. The van der Waals surface area contributed by atoms with E-state index in [9.17, 15) is 15.0 Å². The number of carbonyl (C=O) groups is 1. The molecule has 4 fully saturated rings. The minimum absolute atomic E-state index is 0.179. The smallest absolute Gasteiger partial charge is 0.303 e. The Hall–Kier alpha value is -0.610. The average molecular weight is 393 g/mol. The quantitative estimate of drug-likeness (QED) is 0.659. The number of carboxylic acids is 1. The van der Waals surface area contributed by atoms with Crippen molar-refractivity contribution in [1.29, 1.82) is 0 Å². The average Bonchev–Trinajstić information content (AvgIpc) is 2.98. The van der Waals surface area contributed by atoms with E-state index < -0.39 is 5.97 Å². The first-order valence-electron chi connectivity index (χ1n) is 11.7. The number of hydrogen-bond acceptors (Lipinski definition) is 3. The van der Waals surface area contributed by atoms with Gasteiger partial charge in [0.15, 0.2) is 0 Å². The first kappa shape index (κ1) is 20.7. The molecule has 10 atom stereocenters. The zero-order valence-electron chi connectivity index (χ0n) is 17.9. The number of aliphatic hydroxyl groups excluding tert-OH is 2. The monoisotopic (exact) mass is 392 g/mol. The molecule has 0 unspecified atom stereocenters. The fraction of sp³-hybridized carbons (Fsp3) is 0.958. The lowest BCUT2D eigenvalue weighted by Gasteiger charge is -2.62. The Labute approximate surface area is 170 Å². The van der Waals surface area contributed by atoms with Gasteiger partial charge in [-0.3, -0.25) is 4.79 Å². The van der Waals surface area contributed by atoms with Crippen LogP contribution in [0, 0.1) is 46.3 Å². The van der Waals surface area contributed by atoms with E-state index in [4.69, 9.17) is 5.11 Å². The van der Waals surface area contributed by atoms with Crippen LogP contribution < -0.4 is 0 Å². The third-order valence-electron chi connectivity index (χ3n) is 10.2. The number of aliphatic carboxylic acids is 1. The lowest BCUT2D eigenvalue weighted by atomic mass is 9.43. The van der Waals surface area contributed by atoms with Gasteiger partial charge in [0.2, 0.25) is 0 Å². The van der Waals surface area contributed by atoms with E-state index in [-0.39, 0.29) is 29.5 Å². The molecule has 3 N–H and O–H groups in total. The van der Waals surface area contributed by atoms with Gasteiger partial charge in [0.25, 0.3) is 0 Å². The Balaban J connectivity index is 1.55.